The van der Waals surface area contributed by atoms with Crippen LogP contribution in [0.4, 0.5) is 0 Å². The van der Waals surface area contributed by atoms with Crippen molar-refractivity contribution in [1.82, 2.24) is 38.3 Å². The molecule has 3 aromatic heterocycles. The molecule has 0 spiro atoms. The number of nitrogens with one attached hydrogen (secondary N) is 1. The average Bonchev–Trinajstić information content (AvgIpc) is 3.49. The Labute approximate surface area is 214 Å². The minimum atomic E-state index is -3.68. The third kappa shape index (κ3) is 4.51. The van der Waals surface area contributed by atoms with E-state index in [4.69, 9.17) is 9.72 Å². The van der Waals surface area contributed by atoms with Gasteiger partial charge in [-0.05, 0) is 51.1 Å². The Morgan fingerprint density at radius 2 is 1.95 bits per heavy atom. The number of aromatic nitrogens is 6. The monoisotopic (exact) mass is 528 g/mol. The van der Waals surface area contributed by atoms with Crippen molar-refractivity contribution in [3.63, 3.8) is 0 Å². The van der Waals surface area contributed by atoms with Gasteiger partial charge >= 0.3 is 5.69 Å². The van der Waals surface area contributed by atoms with E-state index in [2.05, 4.69) is 20.1 Å². The fourth-order valence-electron chi connectivity index (χ4n) is 4.73. The Morgan fingerprint density at radius 1 is 1.16 bits per heavy atom. The number of nitrogens with zero attached hydrogens (tertiary/aromatic N) is 7. The zero-order chi connectivity index (χ0) is 26.3. The van der Waals surface area contributed by atoms with Crippen LogP contribution in [0.3, 0.4) is 0 Å². The van der Waals surface area contributed by atoms with Crippen molar-refractivity contribution in [3.05, 3.63) is 35.0 Å². The van der Waals surface area contributed by atoms with Crippen LogP contribution < -0.4 is 10.4 Å². The summed E-state index contributed by atoms with van der Waals surface area (Å²) in [7, 11) is 0.288. The fraction of sp³-hybridized carbons (Fsp3) is 0.500. The Balaban J connectivity index is 1.61. The number of imidazole rings is 1. The number of aromatic amines is 1. The first kappa shape index (κ1) is 25.4. The van der Waals surface area contributed by atoms with Crippen molar-refractivity contribution >= 4 is 26.8 Å². The molecule has 0 aliphatic carbocycles. The van der Waals surface area contributed by atoms with Crippen molar-refractivity contribution in [3.8, 4) is 17.1 Å². The summed E-state index contributed by atoms with van der Waals surface area (Å²) in [5, 5.41) is 8.00. The van der Waals surface area contributed by atoms with Crippen LogP contribution in [0.2, 0.25) is 0 Å². The molecule has 1 aliphatic rings. The van der Waals surface area contributed by atoms with E-state index < -0.39 is 10.0 Å². The maximum absolute atomic E-state index is 13.4. The summed E-state index contributed by atoms with van der Waals surface area (Å²) in [6.45, 7) is 6.73. The molecule has 5 rings (SSSR count). The van der Waals surface area contributed by atoms with Gasteiger partial charge in [-0.2, -0.15) is 4.31 Å². The molecule has 13 heteroatoms. The zero-order valence-corrected chi connectivity index (χ0v) is 22.3. The number of H-pyrrole nitrogens is 1. The van der Waals surface area contributed by atoms with Crippen LogP contribution in [0.1, 0.15) is 26.7 Å². The van der Waals surface area contributed by atoms with Crippen molar-refractivity contribution in [2.45, 2.75) is 38.1 Å². The third-order valence-corrected chi connectivity index (χ3v) is 8.28. The Bertz CT molecular complexity index is 1600. The van der Waals surface area contributed by atoms with Crippen molar-refractivity contribution in [2.24, 2.45) is 5.92 Å². The highest BCUT2D eigenvalue weighted by Gasteiger charge is 2.37. The summed E-state index contributed by atoms with van der Waals surface area (Å²) < 4.78 is 37.3. The number of benzene rings is 1. The third-order valence-electron chi connectivity index (χ3n) is 6.45. The molecular weight excluding hydrogens is 496 g/mol. The smallest absolute Gasteiger partial charge is 0.336 e. The second kappa shape index (κ2) is 9.88. The lowest BCUT2D eigenvalue weighted by atomic mass is 10.0. The molecule has 0 bridgehead atoms. The van der Waals surface area contributed by atoms with Crippen LogP contribution in [0.5, 0.6) is 5.75 Å². The lowest BCUT2D eigenvalue weighted by Gasteiger charge is -2.39. The summed E-state index contributed by atoms with van der Waals surface area (Å²) in [4.78, 5) is 23.3. The van der Waals surface area contributed by atoms with Crippen molar-refractivity contribution < 1.29 is 13.2 Å². The van der Waals surface area contributed by atoms with Gasteiger partial charge in [0.05, 0.1) is 17.1 Å². The number of sulfonamides is 1. The van der Waals surface area contributed by atoms with Gasteiger partial charge in [-0.1, -0.05) is 13.8 Å². The lowest BCUT2D eigenvalue weighted by Crippen LogP contribution is -2.52. The molecule has 1 aromatic carbocycles. The zero-order valence-electron chi connectivity index (χ0n) is 21.5. The molecule has 0 atom stereocenters. The predicted octanol–water partition coefficient (Wildman–Crippen LogP) is 1.82. The van der Waals surface area contributed by atoms with Gasteiger partial charge < -0.3 is 14.6 Å². The first-order valence-corrected chi connectivity index (χ1v) is 13.9. The van der Waals surface area contributed by atoms with E-state index in [1.807, 2.05) is 27.9 Å². The van der Waals surface area contributed by atoms with E-state index in [-0.39, 0.29) is 10.6 Å². The van der Waals surface area contributed by atoms with Gasteiger partial charge in [0.15, 0.2) is 11.3 Å². The first-order valence-electron chi connectivity index (χ1n) is 12.5. The maximum atomic E-state index is 13.4. The molecule has 1 N–H and O–H groups in total. The quantitative estimate of drug-likeness (QED) is 0.330. The van der Waals surface area contributed by atoms with E-state index in [1.54, 1.807) is 22.8 Å². The van der Waals surface area contributed by atoms with Crippen molar-refractivity contribution in [2.75, 3.05) is 40.3 Å². The van der Waals surface area contributed by atoms with Crippen LogP contribution in [0, 0.1) is 5.92 Å². The molecule has 0 radical (unpaired) electrons. The van der Waals surface area contributed by atoms with Gasteiger partial charge in [0.25, 0.3) is 0 Å². The Hall–Kier alpha value is -3.29. The second-order valence-corrected chi connectivity index (χ2v) is 11.6. The average molecular weight is 529 g/mol. The number of fused-ring (bicyclic) bond motifs is 3. The highest BCUT2D eigenvalue weighted by molar-refractivity contribution is 7.89. The first-order chi connectivity index (χ1) is 17.7. The molecule has 1 saturated heterocycles. The molecule has 0 unspecified atom stereocenters. The van der Waals surface area contributed by atoms with Gasteiger partial charge in [-0.3, -0.25) is 4.57 Å². The minimum absolute atomic E-state index is 0.175. The molecule has 12 nitrogen and oxygen atoms in total. The summed E-state index contributed by atoms with van der Waals surface area (Å²) in [5.74, 6) is 1.22. The highest BCUT2D eigenvalue weighted by atomic mass is 32.2. The summed E-state index contributed by atoms with van der Waals surface area (Å²) >= 11 is 0. The number of aryl methyl sites for hydroxylation is 1. The largest absolute Gasteiger partial charge is 0.493 e. The van der Waals surface area contributed by atoms with Gasteiger partial charge in [-0.15, -0.1) is 10.2 Å². The lowest BCUT2D eigenvalue weighted by molar-refractivity contribution is 0.160. The summed E-state index contributed by atoms with van der Waals surface area (Å²) in [6.07, 6.45) is 2.90. The standard InChI is InChI=1S/C24H32N8O4S/c1-5-9-31-22-20(23-28-25-15-32(23)24(31)33)26-21(27-22)18-11-17(7-8-19(18)36-10-6-2)37(34,35)30-13-16(14-30)12-29(3)4/h7-8,11,15-16H,5-6,9-10,12-14H2,1-4H3,(H,26,27). The minimum Gasteiger partial charge on any atom is -0.493 e. The Morgan fingerprint density at radius 3 is 2.65 bits per heavy atom. The van der Waals surface area contributed by atoms with Crippen LogP contribution >= 0.6 is 0 Å². The topological polar surface area (TPSA) is 131 Å². The molecular formula is C24H32N8O4S. The van der Waals surface area contributed by atoms with E-state index in [0.29, 0.717) is 66.1 Å². The van der Waals surface area contributed by atoms with Crippen molar-refractivity contribution in [1.29, 1.82) is 0 Å². The number of ether oxygens (including phenoxy) is 1. The van der Waals surface area contributed by atoms with Crippen LogP contribution in [0.15, 0.2) is 34.2 Å². The molecule has 0 amide bonds. The summed E-state index contributed by atoms with van der Waals surface area (Å²) in [5.41, 5.74) is 1.56. The molecule has 4 heterocycles. The molecule has 1 fully saturated rings. The SMILES string of the molecule is CCCOc1ccc(S(=O)(=O)N2CC(CN(C)C)C2)cc1-c1nc2c([nH]1)c1nncn1c(=O)n2CCC. The van der Waals surface area contributed by atoms with Gasteiger partial charge in [-0.25, -0.2) is 22.6 Å². The van der Waals surface area contributed by atoms with E-state index >= 15 is 0 Å². The van der Waals surface area contributed by atoms with E-state index in [9.17, 15) is 13.2 Å². The van der Waals surface area contributed by atoms with E-state index in [1.165, 1.54) is 15.0 Å². The van der Waals surface area contributed by atoms with Crippen LogP contribution in [-0.4, -0.2) is 87.1 Å². The second-order valence-electron chi connectivity index (χ2n) is 9.70. The maximum Gasteiger partial charge on any atom is 0.336 e. The molecule has 4 aromatic rings. The number of hydrogen-bond acceptors (Lipinski definition) is 8. The molecule has 37 heavy (non-hydrogen) atoms. The van der Waals surface area contributed by atoms with E-state index in [0.717, 1.165) is 19.4 Å². The summed E-state index contributed by atoms with van der Waals surface area (Å²) in [6, 6.07) is 4.85. The number of hydrogen-bond donors (Lipinski definition) is 1. The van der Waals surface area contributed by atoms with Crippen LogP contribution in [0.25, 0.3) is 28.2 Å². The fourth-order valence-corrected chi connectivity index (χ4v) is 6.35. The van der Waals surface area contributed by atoms with Crippen LogP contribution in [-0.2, 0) is 16.6 Å². The van der Waals surface area contributed by atoms with Gasteiger partial charge in [0, 0.05) is 26.2 Å². The predicted molar refractivity (Wildman–Crippen MR) is 139 cm³/mol. The number of rotatable bonds is 10. The van der Waals surface area contributed by atoms with Gasteiger partial charge in [0.2, 0.25) is 10.0 Å². The van der Waals surface area contributed by atoms with Gasteiger partial charge in [0.1, 0.15) is 23.4 Å². The normalized spacial score (nSPS) is 15.2. The molecule has 1 aliphatic heterocycles. The molecule has 198 valence electrons. The Kier molecular flexibility index (Phi) is 6.77. The molecule has 0 saturated carbocycles. The highest BCUT2D eigenvalue weighted by Crippen LogP contribution is 2.35.